The minimum absolute atomic E-state index is 0.384. The van der Waals surface area contributed by atoms with E-state index in [4.69, 9.17) is 0 Å². The van der Waals surface area contributed by atoms with Crippen LogP contribution in [0.15, 0.2) is 42.6 Å². The van der Waals surface area contributed by atoms with Crippen LogP contribution in [-0.2, 0) is 13.6 Å². The van der Waals surface area contributed by atoms with Gasteiger partial charge in [-0.1, -0.05) is 30.3 Å². The standard InChI is InChI=1S/C15H22N4/c1-18(2)15(13-7-5-4-6-8-13)12-16-11-14-9-10-17-19(14)3/h4-10,15-16H,11-12H2,1-3H3. The van der Waals surface area contributed by atoms with Crippen LogP contribution in [-0.4, -0.2) is 35.3 Å². The lowest BCUT2D eigenvalue weighted by molar-refractivity contribution is 0.287. The summed E-state index contributed by atoms with van der Waals surface area (Å²) in [6.45, 7) is 1.76. The first-order valence-electron chi connectivity index (χ1n) is 6.57. The van der Waals surface area contributed by atoms with Crippen LogP contribution < -0.4 is 5.32 Å². The fourth-order valence-corrected chi connectivity index (χ4v) is 2.19. The number of hydrogen-bond acceptors (Lipinski definition) is 3. The molecule has 102 valence electrons. The zero-order valence-corrected chi connectivity index (χ0v) is 11.9. The summed E-state index contributed by atoms with van der Waals surface area (Å²) in [7, 11) is 6.20. The molecule has 1 aromatic carbocycles. The number of rotatable bonds is 6. The molecule has 4 heteroatoms. The average molecular weight is 258 g/mol. The van der Waals surface area contributed by atoms with Crippen molar-refractivity contribution in [1.82, 2.24) is 20.0 Å². The molecule has 0 amide bonds. The van der Waals surface area contributed by atoms with E-state index in [1.807, 2.05) is 24.0 Å². The zero-order valence-electron chi connectivity index (χ0n) is 11.9. The molecule has 0 aliphatic heterocycles. The molecule has 2 aromatic rings. The van der Waals surface area contributed by atoms with Gasteiger partial charge in [-0.15, -0.1) is 0 Å². The van der Waals surface area contributed by atoms with Crippen LogP contribution >= 0.6 is 0 Å². The maximum absolute atomic E-state index is 4.17. The van der Waals surface area contributed by atoms with Gasteiger partial charge in [0.2, 0.25) is 0 Å². The monoisotopic (exact) mass is 258 g/mol. The van der Waals surface area contributed by atoms with E-state index in [0.717, 1.165) is 13.1 Å². The van der Waals surface area contributed by atoms with E-state index in [1.54, 1.807) is 0 Å². The maximum atomic E-state index is 4.17. The van der Waals surface area contributed by atoms with E-state index in [2.05, 4.69) is 59.7 Å². The first kappa shape index (κ1) is 13.8. The fourth-order valence-electron chi connectivity index (χ4n) is 2.19. The summed E-state index contributed by atoms with van der Waals surface area (Å²) in [5.74, 6) is 0. The van der Waals surface area contributed by atoms with Gasteiger partial charge in [0.25, 0.3) is 0 Å². The minimum Gasteiger partial charge on any atom is -0.309 e. The first-order chi connectivity index (χ1) is 9.18. The average Bonchev–Trinajstić information content (AvgIpc) is 2.81. The van der Waals surface area contributed by atoms with Gasteiger partial charge in [0.15, 0.2) is 0 Å². The second-order valence-electron chi connectivity index (χ2n) is 4.97. The van der Waals surface area contributed by atoms with Crippen LogP contribution in [0.4, 0.5) is 0 Å². The summed E-state index contributed by atoms with van der Waals surface area (Å²) in [4.78, 5) is 2.24. The SMILES string of the molecule is CN(C)C(CNCc1ccnn1C)c1ccccc1. The molecular formula is C15H22N4. The van der Waals surface area contributed by atoms with E-state index in [9.17, 15) is 0 Å². The molecule has 0 bridgehead atoms. The molecule has 0 saturated heterocycles. The smallest absolute Gasteiger partial charge is 0.0518 e. The molecule has 1 atom stereocenters. The Kier molecular flexibility index (Phi) is 4.71. The van der Waals surface area contributed by atoms with Crippen molar-refractivity contribution in [2.75, 3.05) is 20.6 Å². The first-order valence-corrected chi connectivity index (χ1v) is 6.57. The number of likely N-dealkylation sites (N-methyl/N-ethyl adjacent to an activating group) is 1. The van der Waals surface area contributed by atoms with E-state index >= 15 is 0 Å². The molecule has 1 aromatic heterocycles. The van der Waals surface area contributed by atoms with E-state index in [-0.39, 0.29) is 0 Å². The van der Waals surface area contributed by atoms with Crippen LogP contribution in [0, 0.1) is 0 Å². The Labute approximate surface area is 115 Å². The Balaban J connectivity index is 1.93. The predicted octanol–water partition coefficient (Wildman–Crippen LogP) is 1.81. The van der Waals surface area contributed by atoms with Gasteiger partial charge in [-0.3, -0.25) is 4.68 Å². The van der Waals surface area contributed by atoms with Crippen LogP contribution in [0.5, 0.6) is 0 Å². The number of aromatic nitrogens is 2. The quantitative estimate of drug-likeness (QED) is 0.858. The molecule has 0 fully saturated rings. The van der Waals surface area contributed by atoms with Gasteiger partial charge in [0.1, 0.15) is 0 Å². The van der Waals surface area contributed by atoms with Crippen molar-refractivity contribution in [1.29, 1.82) is 0 Å². The summed E-state index contributed by atoms with van der Waals surface area (Å²) >= 11 is 0. The molecule has 0 spiro atoms. The van der Waals surface area contributed by atoms with Crippen molar-refractivity contribution >= 4 is 0 Å². The van der Waals surface area contributed by atoms with Crippen molar-refractivity contribution in [2.45, 2.75) is 12.6 Å². The molecule has 19 heavy (non-hydrogen) atoms. The predicted molar refractivity (Wildman–Crippen MR) is 77.8 cm³/mol. The lowest BCUT2D eigenvalue weighted by Crippen LogP contribution is -2.31. The lowest BCUT2D eigenvalue weighted by Gasteiger charge is -2.25. The molecule has 0 saturated carbocycles. The van der Waals surface area contributed by atoms with Crippen molar-refractivity contribution in [3.8, 4) is 0 Å². The minimum atomic E-state index is 0.384. The molecule has 2 rings (SSSR count). The Morgan fingerprint density at radius 1 is 1.21 bits per heavy atom. The number of nitrogens with zero attached hydrogens (tertiary/aromatic N) is 3. The summed E-state index contributed by atoms with van der Waals surface area (Å²) in [5, 5.41) is 7.68. The Hall–Kier alpha value is -1.65. The topological polar surface area (TPSA) is 33.1 Å². The van der Waals surface area contributed by atoms with Crippen molar-refractivity contribution in [2.24, 2.45) is 7.05 Å². The number of nitrogens with one attached hydrogen (secondary N) is 1. The summed E-state index contributed by atoms with van der Waals surface area (Å²) in [6.07, 6.45) is 1.83. The van der Waals surface area contributed by atoms with Crippen molar-refractivity contribution in [3.63, 3.8) is 0 Å². The van der Waals surface area contributed by atoms with Crippen LogP contribution in [0.1, 0.15) is 17.3 Å². The van der Waals surface area contributed by atoms with Gasteiger partial charge in [0.05, 0.1) is 5.69 Å². The van der Waals surface area contributed by atoms with Gasteiger partial charge in [-0.2, -0.15) is 5.10 Å². The van der Waals surface area contributed by atoms with E-state index in [1.165, 1.54) is 11.3 Å². The second kappa shape index (κ2) is 6.50. The number of hydrogen-bond donors (Lipinski definition) is 1. The second-order valence-corrected chi connectivity index (χ2v) is 4.97. The summed E-state index contributed by atoms with van der Waals surface area (Å²) in [5.41, 5.74) is 2.54. The highest BCUT2D eigenvalue weighted by atomic mass is 15.3. The molecule has 1 unspecified atom stereocenters. The third-order valence-electron chi connectivity index (χ3n) is 3.37. The van der Waals surface area contributed by atoms with E-state index < -0.39 is 0 Å². The number of aryl methyl sites for hydroxylation is 1. The summed E-state index contributed by atoms with van der Waals surface area (Å²) < 4.78 is 1.90. The van der Waals surface area contributed by atoms with Crippen molar-refractivity contribution in [3.05, 3.63) is 53.9 Å². The van der Waals surface area contributed by atoms with Gasteiger partial charge in [-0.05, 0) is 25.7 Å². The van der Waals surface area contributed by atoms with E-state index in [0.29, 0.717) is 6.04 Å². The normalized spacial score (nSPS) is 12.8. The Morgan fingerprint density at radius 3 is 2.53 bits per heavy atom. The van der Waals surface area contributed by atoms with Crippen LogP contribution in [0.3, 0.4) is 0 Å². The zero-order chi connectivity index (χ0) is 13.7. The highest BCUT2D eigenvalue weighted by molar-refractivity contribution is 5.19. The van der Waals surface area contributed by atoms with Gasteiger partial charge in [0, 0.05) is 32.4 Å². The van der Waals surface area contributed by atoms with Gasteiger partial charge in [-0.25, -0.2) is 0 Å². The molecule has 0 aliphatic rings. The molecule has 1 heterocycles. The highest BCUT2D eigenvalue weighted by Gasteiger charge is 2.13. The highest BCUT2D eigenvalue weighted by Crippen LogP contribution is 2.16. The fraction of sp³-hybridized carbons (Fsp3) is 0.400. The summed E-state index contributed by atoms with van der Waals surface area (Å²) in [6, 6.07) is 13.0. The molecule has 0 aliphatic carbocycles. The Bertz CT molecular complexity index is 490. The van der Waals surface area contributed by atoms with Crippen LogP contribution in [0.25, 0.3) is 0 Å². The van der Waals surface area contributed by atoms with Crippen molar-refractivity contribution < 1.29 is 0 Å². The molecule has 1 N–H and O–H groups in total. The molecule has 0 radical (unpaired) electrons. The van der Waals surface area contributed by atoms with Crippen LogP contribution in [0.2, 0.25) is 0 Å². The third kappa shape index (κ3) is 3.66. The molecular weight excluding hydrogens is 236 g/mol. The number of benzene rings is 1. The maximum Gasteiger partial charge on any atom is 0.0518 e. The van der Waals surface area contributed by atoms with Gasteiger partial charge >= 0.3 is 0 Å². The third-order valence-corrected chi connectivity index (χ3v) is 3.37. The molecule has 4 nitrogen and oxygen atoms in total. The Morgan fingerprint density at radius 2 is 1.95 bits per heavy atom. The largest absolute Gasteiger partial charge is 0.309 e. The lowest BCUT2D eigenvalue weighted by atomic mass is 10.1. The van der Waals surface area contributed by atoms with Gasteiger partial charge < -0.3 is 10.2 Å².